The number of primary amides is 1. The fraction of sp³-hybridized carbons (Fsp3) is 0.250. The fourth-order valence-electron chi connectivity index (χ4n) is 4.47. The molecular formula is C24H23ClN6O2. The first-order valence-corrected chi connectivity index (χ1v) is 11.3. The van der Waals surface area contributed by atoms with Gasteiger partial charge in [0.2, 0.25) is 0 Å². The lowest BCUT2D eigenvalue weighted by molar-refractivity contribution is 0.0994. The van der Waals surface area contributed by atoms with Crippen molar-refractivity contribution in [1.29, 1.82) is 0 Å². The average molecular weight is 463 g/mol. The summed E-state index contributed by atoms with van der Waals surface area (Å²) in [6, 6.07) is 10.9. The van der Waals surface area contributed by atoms with Crippen LogP contribution in [-0.4, -0.2) is 32.2 Å². The number of halogens is 1. The molecule has 0 fully saturated rings. The number of nitrogens with one attached hydrogen (secondary N) is 2. The zero-order chi connectivity index (χ0) is 22.9. The molecule has 0 spiro atoms. The number of carbonyl (C=O) groups is 1. The van der Waals surface area contributed by atoms with E-state index in [1.165, 1.54) is 10.2 Å². The third kappa shape index (κ3) is 3.98. The minimum Gasteiger partial charge on any atom is -0.384 e. The Kier molecular flexibility index (Phi) is 5.60. The van der Waals surface area contributed by atoms with Gasteiger partial charge in [-0.1, -0.05) is 17.7 Å². The number of rotatable bonds is 6. The van der Waals surface area contributed by atoms with Crippen molar-refractivity contribution in [2.75, 3.05) is 11.9 Å². The molecule has 4 N–H and O–H groups in total. The van der Waals surface area contributed by atoms with Crippen LogP contribution in [0.25, 0.3) is 16.7 Å². The number of pyridine rings is 2. The van der Waals surface area contributed by atoms with Crippen molar-refractivity contribution in [2.24, 2.45) is 5.73 Å². The van der Waals surface area contributed by atoms with Crippen molar-refractivity contribution in [2.45, 2.75) is 32.1 Å². The second-order valence-electron chi connectivity index (χ2n) is 8.12. The van der Waals surface area contributed by atoms with Crippen molar-refractivity contribution >= 4 is 34.1 Å². The van der Waals surface area contributed by atoms with Gasteiger partial charge in [-0.3, -0.25) is 19.7 Å². The van der Waals surface area contributed by atoms with Crippen LogP contribution in [0.4, 0.5) is 5.69 Å². The molecule has 4 aromatic rings. The van der Waals surface area contributed by atoms with E-state index in [4.69, 9.17) is 22.3 Å². The van der Waals surface area contributed by atoms with Crippen molar-refractivity contribution in [3.8, 4) is 5.82 Å². The Labute approximate surface area is 194 Å². The van der Waals surface area contributed by atoms with Gasteiger partial charge in [-0.2, -0.15) is 0 Å². The molecule has 33 heavy (non-hydrogen) atoms. The number of nitrogens with two attached hydrogens (primary N) is 1. The van der Waals surface area contributed by atoms with Crippen LogP contribution in [0.5, 0.6) is 0 Å². The molecule has 0 aliphatic heterocycles. The maximum atomic E-state index is 13.1. The molecule has 0 bridgehead atoms. The van der Waals surface area contributed by atoms with Gasteiger partial charge in [-0.15, -0.1) is 0 Å². The largest absolute Gasteiger partial charge is 0.384 e. The zero-order valence-corrected chi connectivity index (χ0v) is 18.7. The van der Waals surface area contributed by atoms with E-state index < -0.39 is 5.91 Å². The lowest BCUT2D eigenvalue weighted by atomic mass is 9.92. The standard InChI is InChI=1S/C24H23ClN6O2/c25-14-8-9-16-19(13-14)29-18-6-2-1-5-15(18)21(16)28-12-10-17-22(23(26)32)30-31(24(17)33)20-7-3-4-11-27-20/h3-4,7-9,11,13,30H,1-2,5-6,10,12H2,(H2,26,32)(H,28,29). The number of aromatic nitrogens is 4. The molecule has 0 saturated heterocycles. The number of aromatic amines is 1. The molecule has 8 nitrogen and oxygen atoms in total. The minimum absolute atomic E-state index is 0.0980. The van der Waals surface area contributed by atoms with E-state index in [9.17, 15) is 9.59 Å². The number of aryl methyl sites for hydroxylation is 1. The maximum absolute atomic E-state index is 13.1. The molecule has 0 radical (unpaired) electrons. The van der Waals surface area contributed by atoms with Gasteiger partial charge in [0.05, 0.1) is 11.1 Å². The lowest BCUT2D eigenvalue weighted by Gasteiger charge is -2.21. The molecule has 9 heteroatoms. The van der Waals surface area contributed by atoms with Crippen LogP contribution in [-0.2, 0) is 19.3 Å². The summed E-state index contributed by atoms with van der Waals surface area (Å²) in [5.41, 5.74) is 9.82. The Balaban J connectivity index is 1.48. The van der Waals surface area contributed by atoms with Gasteiger partial charge >= 0.3 is 0 Å². The van der Waals surface area contributed by atoms with E-state index in [0.29, 0.717) is 29.4 Å². The van der Waals surface area contributed by atoms with Gasteiger partial charge in [0.15, 0.2) is 5.82 Å². The average Bonchev–Trinajstić information content (AvgIpc) is 3.15. The number of H-pyrrole nitrogens is 1. The van der Waals surface area contributed by atoms with E-state index in [1.54, 1.807) is 24.4 Å². The van der Waals surface area contributed by atoms with Crippen molar-refractivity contribution in [3.63, 3.8) is 0 Å². The second kappa shape index (κ2) is 8.71. The summed E-state index contributed by atoms with van der Waals surface area (Å²) >= 11 is 6.21. The van der Waals surface area contributed by atoms with Crippen molar-refractivity contribution in [1.82, 2.24) is 19.7 Å². The smallest absolute Gasteiger partial charge is 0.276 e. The van der Waals surface area contributed by atoms with Gasteiger partial charge < -0.3 is 11.1 Å². The highest BCUT2D eigenvalue weighted by atomic mass is 35.5. The fourth-order valence-corrected chi connectivity index (χ4v) is 4.63. The maximum Gasteiger partial charge on any atom is 0.276 e. The summed E-state index contributed by atoms with van der Waals surface area (Å²) in [5.74, 6) is -0.284. The third-order valence-corrected chi connectivity index (χ3v) is 6.25. The molecule has 168 valence electrons. The molecule has 0 saturated carbocycles. The Hall–Kier alpha value is -3.65. The molecule has 3 aromatic heterocycles. The van der Waals surface area contributed by atoms with Crippen molar-refractivity contribution < 1.29 is 4.79 Å². The number of fused-ring (bicyclic) bond motifs is 2. The highest BCUT2D eigenvalue weighted by Gasteiger charge is 2.21. The van der Waals surface area contributed by atoms with Gasteiger partial charge in [0.1, 0.15) is 5.69 Å². The summed E-state index contributed by atoms with van der Waals surface area (Å²) in [6.07, 6.45) is 6.01. The zero-order valence-electron chi connectivity index (χ0n) is 17.9. The number of benzene rings is 1. The SMILES string of the molecule is NC(=O)c1[nH]n(-c2ccccn2)c(=O)c1CCNc1c2c(nc3cc(Cl)ccc13)CCCC2. The van der Waals surface area contributed by atoms with Crippen LogP contribution in [0.15, 0.2) is 47.4 Å². The highest BCUT2D eigenvalue weighted by Crippen LogP contribution is 2.34. The quantitative estimate of drug-likeness (QED) is 0.406. The van der Waals surface area contributed by atoms with Gasteiger partial charge in [-0.05, 0) is 68.0 Å². The molecule has 3 heterocycles. The molecule has 0 atom stereocenters. The second-order valence-corrected chi connectivity index (χ2v) is 8.55. The predicted octanol–water partition coefficient (Wildman–Crippen LogP) is 3.39. The minimum atomic E-state index is -0.682. The van der Waals surface area contributed by atoms with Crippen LogP contribution >= 0.6 is 11.6 Å². The van der Waals surface area contributed by atoms with Gasteiger partial charge in [0, 0.05) is 34.5 Å². The highest BCUT2D eigenvalue weighted by molar-refractivity contribution is 6.31. The summed E-state index contributed by atoms with van der Waals surface area (Å²) in [5, 5.41) is 7.97. The molecule has 5 rings (SSSR count). The topological polar surface area (TPSA) is 119 Å². The first kappa shape index (κ1) is 21.2. The van der Waals surface area contributed by atoms with E-state index >= 15 is 0 Å². The summed E-state index contributed by atoms with van der Waals surface area (Å²) in [4.78, 5) is 34.1. The number of anilines is 1. The normalized spacial score (nSPS) is 13.1. The van der Waals surface area contributed by atoms with E-state index in [-0.39, 0.29) is 11.3 Å². The van der Waals surface area contributed by atoms with E-state index in [0.717, 1.165) is 48.0 Å². The number of hydrogen-bond acceptors (Lipinski definition) is 5. The monoisotopic (exact) mass is 462 g/mol. The van der Waals surface area contributed by atoms with Crippen LogP contribution < -0.4 is 16.6 Å². The first-order valence-electron chi connectivity index (χ1n) is 10.9. The Morgan fingerprint density at radius 3 is 2.85 bits per heavy atom. The van der Waals surface area contributed by atoms with E-state index in [1.807, 2.05) is 18.2 Å². The Morgan fingerprint density at radius 2 is 2.06 bits per heavy atom. The molecule has 1 aliphatic rings. The molecule has 0 unspecified atom stereocenters. The summed E-state index contributed by atoms with van der Waals surface area (Å²) in [7, 11) is 0. The van der Waals surface area contributed by atoms with Crippen LogP contribution in [0.1, 0.15) is 40.2 Å². The number of amides is 1. The van der Waals surface area contributed by atoms with Gasteiger partial charge in [0.25, 0.3) is 11.5 Å². The number of hydrogen-bond donors (Lipinski definition) is 3. The van der Waals surface area contributed by atoms with Gasteiger partial charge in [-0.25, -0.2) is 9.67 Å². The molecule has 1 amide bonds. The van der Waals surface area contributed by atoms with Crippen LogP contribution in [0.3, 0.4) is 0 Å². The molecular weight excluding hydrogens is 440 g/mol. The molecule has 1 aromatic carbocycles. The third-order valence-electron chi connectivity index (χ3n) is 6.01. The number of nitrogens with zero attached hydrogens (tertiary/aromatic N) is 3. The predicted molar refractivity (Wildman–Crippen MR) is 128 cm³/mol. The summed E-state index contributed by atoms with van der Waals surface area (Å²) in [6.45, 7) is 0.448. The molecule has 1 aliphatic carbocycles. The van der Waals surface area contributed by atoms with Crippen LogP contribution in [0.2, 0.25) is 5.02 Å². The van der Waals surface area contributed by atoms with E-state index in [2.05, 4.69) is 15.4 Å². The Bertz CT molecular complexity index is 1410. The number of carbonyl (C=O) groups excluding carboxylic acids is 1. The lowest BCUT2D eigenvalue weighted by Crippen LogP contribution is -2.21. The van der Waals surface area contributed by atoms with Crippen molar-refractivity contribution in [3.05, 3.63) is 80.5 Å². The Morgan fingerprint density at radius 1 is 1.21 bits per heavy atom. The van der Waals surface area contributed by atoms with Crippen LogP contribution in [0, 0.1) is 0 Å². The summed E-state index contributed by atoms with van der Waals surface area (Å²) < 4.78 is 1.25. The first-order chi connectivity index (χ1) is 16.0.